The molecule has 4 nitrogen and oxygen atoms in total. The number of aryl methyl sites for hydroxylation is 2. The Labute approximate surface area is 130 Å². The molecule has 0 aliphatic rings. The van der Waals surface area contributed by atoms with Crippen LogP contribution in [0.5, 0.6) is 5.75 Å². The molecular weight excluding hydrogens is 286 g/mol. The van der Waals surface area contributed by atoms with Gasteiger partial charge < -0.3 is 10.5 Å². The van der Waals surface area contributed by atoms with Crippen LogP contribution in [-0.2, 0) is 18.5 Å². The number of hydrogen-bond acceptors (Lipinski definition) is 3. The summed E-state index contributed by atoms with van der Waals surface area (Å²) in [6, 6.07) is 7.81. The van der Waals surface area contributed by atoms with Crippen LogP contribution in [0.1, 0.15) is 30.8 Å². The minimum atomic E-state index is -0.588. The fourth-order valence-electron chi connectivity index (χ4n) is 2.60. The van der Waals surface area contributed by atoms with Crippen molar-refractivity contribution in [3.05, 3.63) is 46.2 Å². The lowest BCUT2D eigenvalue weighted by Gasteiger charge is -2.27. The highest BCUT2D eigenvalue weighted by Gasteiger charge is 2.28. The lowest BCUT2D eigenvalue weighted by Crippen LogP contribution is -2.36. The standard InChI is InChI=1S/C16H22ClN3O/c1-5-20-13(15(17)11(2)19-20)10-16(3,18)12-8-6-7-9-14(12)21-4/h6-9H,5,10,18H2,1-4H3. The summed E-state index contributed by atoms with van der Waals surface area (Å²) in [7, 11) is 1.66. The maximum absolute atomic E-state index is 6.57. The highest BCUT2D eigenvalue weighted by atomic mass is 35.5. The number of benzene rings is 1. The second-order valence-electron chi connectivity index (χ2n) is 5.46. The molecule has 21 heavy (non-hydrogen) atoms. The minimum Gasteiger partial charge on any atom is -0.496 e. The van der Waals surface area contributed by atoms with Gasteiger partial charge in [-0.3, -0.25) is 4.68 Å². The smallest absolute Gasteiger partial charge is 0.123 e. The molecular formula is C16H22ClN3O. The minimum absolute atomic E-state index is 0.588. The van der Waals surface area contributed by atoms with Crippen LogP contribution in [0.25, 0.3) is 0 Å². The van der Waals surface area contributed by atoms with Gasteiger partial charge in [0.1, 0.15) is 5.75 Å². The Balaban J connectivity index is 2.42. The van der Waals surface area contributed by atoms with Crippen LogP contribution in [0.15, 0.2) is 24.3 Å². The van der Waals surface area contributed by atoms with Crippen molar-refractivity contribution in [2.45, 2.75) is 39.3 Å². The number of para-hydroxylation sites is 1. The predicted octanol–water partition coefficient (Wildman–Crippen LogP) is 3.29. The van der Waals surface area contributed by atoms with E-state index >= 15 is 0 Å². The molecule has 0 spiro atoms. The van der Waals surface area contributed by atoms with Crippen molar-refractivity contribution in [1.82, 2.24) is 9.78 Å². The maximum atomic E-state index is 6.57. The Kier molecular flexibility index (Phi) is 4.59. The van der Waals surface area contributed by atoms with E-state index in [-0.39, 0.29) is 0 Å². The van der Waals surface area contributed by atoms with Crippen LogP contribution in [0.4, 0.5) is 0 Å². The van der Waals surface area contributed by atoms with Crippen molar-refractivity contribution < 1.29 is 4.74 Å². The molecule has 1 aromatic carbocycles. The summed E-state index contributed by atoms with van der Waals surface area (Å²) in [5, 5.41) is 5.14. The molecule has 0 amide bonds. The first-order valence-corrected chi connectivity index (χ1v) is 7.42. The number of hydrogen-bond donors (Lipinski definition) is 1. The highest BCUT2D eigenvalue weighted by molar-refractivity contribution is 6.31. The maximum Gasteiger partial charge on any atom is 0.123 e. The van der Waals surface area contributed by atoms with Gasteiger partial charge >= 0.3 is 0 Å². The molecule has 2 aromatic rings. The highest BCUT2D eigenvalue weighted by Crippen LogP contribution is 2.33. The fourth-order valence-corrected chi connectivity index (χ4v) is 2.80. The van der Waals surface area contributed by atoms with E-state index in [0.29, 0.717) is 11.4 Å². The summed E-state index contributed by atoms with van der Waals surface area (Å²) < 4.78 is 7.34. The number of nitrogens with zero attached hydrogens (tertiary/aromatic N) is 2. The monoisotopic (exact) mass is 307 g/mol. The quantitative estimate of drug-likeness (QED) is 0.922. The molecule has 0 bridgehead atoms. The lowest BCUT2D eigenvalue weighted by atomic mass is 9.87. The topological polar surface area (TPSA) is 53.1 Å². The molecule has 1 aromatic heterocycles. The first-order valence-electron chi connectivity index (χ1n) is 7.05. The Hall–Kier alpha value is -1.52. The van der Waals surface area contributed by atoms with Crippen molar-refractivity contribution in [1.29, 1.82) is 0 Å². The Morgan fingerprint density at radius 2 is 2.05 bits per heavy atom. The number of rotatable bonds is 5. The number of halogens is 1. The van der Waals surface area contributed by atoms with Crippen LogP contribution in [0, 0.1) is 6.92 Å². The summed E-state index contributed by atoms with van der Waals surface area (Å²) in [4.78, 5) is 0. The first kappa shape index (κ1) is 15.9. The SMILES string of the molecule is CCn1nc(C)c(Cl)c1CC(C)(N)c1ccccc1OC. The van der Waals surface area contributed by atoms with Gasteiger partial charge in [-0.25, -0.2) is 0 Å². The van der Waals surface area contributed by atoms with E-state index in [1.807, 2.05) is 49.7 Å². The van der Waals surface area contributed by atoms with E-state index < -0.39 is 5.54 Å². The van der Waals surface area contributed by atoms with Gasteiger partial charge in [0.15, 0.2) is 0 Å². The summed E-state index contributed by atoms with van der Waals surface area (Å²) >= 11 is 6.39. The van der Waals surface area contributed by atoms with Crippen molar-refractivity contribution in [3.63, 3.8) is 0 Å². The molecule has 0 fully saturated rings. The van der Waals surface area contributed by atoms with Gasteiger partial charge in [-0.1, -0.05) is 29.8 Å². The van der Waals surface area contributed by atoms with E-state index in [9.17, 15) is 0 Å². The van der Waals surface area contributed by atoms with E-state index in [1.54, 1.807) is 7.11 Å². The van der Waals surface area contributed by atoms with E-state index in [2.05, 4.69) is 5.10 Å². The summed E-state index contributed by atoms with van der Waals surface area (Å²) in [6.07, 6.45) is 0.598. The Morgan fingerprint density at radius 1 is 1.38 bits per heavy atom. The fraction of sp³-hybridized carbons (Fsp3) is 0.438. The molecule has 0 saturated heterocycles. The summed E-state index contributed by atoms with van der Waals surface area (Å²) in [5.74, 6) is 0.790. The van der Waals surface area contributed by atoms with Crippen LogP contribution in [0.3, 0.4) is 0 Å². The number of nitrogens with two attached hydrogens (primary N) is 1. The van der Waals surface area contributed by atoms with Gasteiger partial charge in [0, 0.05) is 24.1 Å². The first-order chi connectivity index (χ1) is 9.90. The van der Waals surface area contributed by atoms with Crippen molar-refractivity contribution >= 4 is 11.6 Å². The van der Waals surface area contributed by atoms with Gasteiger partial charge in [0.05, 0.1) is 23.5 Å². The van der Waals surface area contributed by atoms with Gasteiger partial charge in [0.2, 0.25) is 0 Å². The lowest BCUT2D eigenvalue weighted by molar-refractivity contribution is 0.382. The van der Waals surface area contributed by atoms with Crippen molar-refractivity contribution in [2.24, 2.45) is 5.73 Å². The third-order valence-electron chi connectivity index (χ3n) is 3.71. The molecule has 0 aliphatic heterocycles. The van der Waals surface area contributed by atoms with Gasteiger partial charge in [0.25, 0.3) is 0 Å². The zero-order chi connectivity index (χ0) is 15.6. The van der Waals surface area contributed by atoms with E-state index in [0.717, 1.165) is 29.2 Å². The van der Waals surface area contributed by atoms with Crippen molar-refractivity contribution in [3.8, 4) is 5.75 Å². The van der Waals surface area contributed by atoms with Crippen LogP contribution < -0.4 is 10.5 Å². The zero-order valence-corrected chi connectivity index (χ0v) is 13.7. The number of ether oxygens (including phenoxy) is 1. The van der Waals surface area contributed by atoms with E-state index in [4.69, 9.17) is 22.1 Å². The molecule has 2 rings (SSSR count). The molecule has 0 radical (unpaired) electrons. The number of methoxy groups -OCH3 is 1. The Bertz CT molecular complexity index is 634. The largest absolute Gasteiger partial charge is 0.496 e. The molecule has 5 heteroatoms. The molecule has 1 heterocycles. The molecule has 0 aliphatic carbocycles. The second kappa shape index (κ2) is 6.08. The van der Waals surface area contributed by atoms with Crippen LogP contribution in [0.2, 0.25) is 5.02 Å². The zero-order valence-electron chi connectivity index (χ0n) is 13.0. The second-order valence-corrected chi connectivity index (χ2v) is 5.83. The molecule has 0 saturated carbocycles. The van der Waals surface area contributed by atoms with Gasteiger partial charge in [-0.2, -0.15) is 5.10 Å². The van der Waals surface area contributed by atoms with Gasteiger partial charge in [-0.05, 0) is 26.8 Å². The van der Waals surface area contributed by atoms with Crippen LogP contribution in [-0.4, -0.2) is 16.9 Å². The average Bonchev–Trinajstić information content (AvgIpc) is 2.74. The number of aromatic nitrogens is 2. The summed E-state index contributed by atoms with van der Waals surface area (Å²) in [6.45, 7) is 6.71. The van der Waals surface area contributed by atoms with E-state index in [1.165, 1.54) is 0 Å². The Morgan fingerprint density at radius 3 is 2.67 bits per heavy atom. The normalized spacial score (nSPS) is 14.0. The third-order valence-corrected chi connectivity index (χ3v) is 4.20. The molecule has 1 atom stereocenters. The average molecular weight is 308 g/mol. The van der Waals surface area contributed by atoms with Gasteiger partial charge in [-0.15, -0.1) is 0 Å². The third kappa shape index (κ3) is 3.06. The predicted molar refractivity (Wildman–Crippen MR) is 85.9 cm³/mol. The summed E-state index contributed by atoms with van der Waals surface area (Å²) in [5.41, 5.74) is 8.75. The molecule has 1 unspecified atom stereocenters. The molecule has 114 valence electrons. The van der Waals surface area contributed by atoms with Crippen LogP contribution >= 0.6 is 11.6 Å². The van der Waals surface area contributed by atoms with Crippen molar-refractivity contribution in [2.75, 3.05) is 7.11 Å². The molecule has 2 N–H and O–H groups in total.